The molecule has 1 heterocycles. The molecule has 0 N–H and O–H groups in total. The number of hydrogen-bond acceptors (Lipinski definition) is 3. The third-order valence-corrected chi connectivity index (χ3v) is 0.976. The lowest BCUT2D eigenvalue weighted by Crippen LogP contribution is -1.89. The Balaban J connectivity index is 3.01. The minimum atomic E-state index is 0.618. The predicted octanol–water partition coefficient (Wildman–Crippen LogP) is 0.667. The number of methoxy groups -OCH3 is 1. The summed E-state index contributed by atoms with van der Waals surface area (Å²) in [5.41, 5.74) is 0.618. The van der Waals surface area contributed by atoms with Gasteiger partial charge in [-0.1, -0.05) is 0 Å². The van der Waals surface area contributed by atoms with Crippen LogP contribution in [0.25, 0.3) is 0 Å². The number of nitrogens with zero attached hydrogens (tertiary/aromatic N) is 2. The standard InChI is InChI=1S/C6H7N2O/c1-5-6(9-2)3-7-4-8-5/h3-4H,1H2,2H3. The van der Waals surface area contributed by atoms with Crippen LogP contribution in [0.4, 0.5) is 0 Å². The average Bonchev–Trinajstić information content (AvgIpc) is 1.89. The summed E-state index contributed by atoms with van der Waals surface area (Å²) in [6, 6.07) is 0. The SMILES string of the molecule is [CH2]c1ncncc1OC. The van der Waals surface area contributed by atoms with Gasteiger partial charge in [-0.25, -0.2) is 9.97 Å². The molecular formula is C6H7N2O. The van der Waals surface area contributed by atoms with Crippen molar-refractivity contribution < 1.29 is 4.74 Å². The highest BCUT2D eigenvalue weighted by Gasteiger charge is 1.94. The van der Waals surface area contributed by atoms with Crippen molar-refractivity contribution in [3.63, 3.8) is 0 Å². The van der Waals surface area contributed by atoms with E-state index in [0.29, 0.717) is 11.4 Å². The van der Waals surface area contributed by atoms with Crippen LogP contribution >= 0.6 is 0 Å². The van der Waals surface area contributed by atoms with E-state index in [1.54, 1.807) is 13.3 Å². The zero-order chi connectivity index (χ0) is 6.69. The Kier molecular flexibility index (Phi) is 1.63. The van der Waals surface area contributed by atoms with Crippen LogP contribution in [0.15, 0.2) is 12.5 Å². The van der Waals surface area contributed by atoms with Crippen molar-refractivity contribution in [3.8, 4) is 5.75 Å². The summed E-state index contributed by atoms with van der Waals surface area (Å²) in [6.45, 7) is 3.62. The van der Waals surface area contributed by atoms with Gasteiger partial charge in [0.05, 0.1) is 19.0 Å². The number of hydrogen-bond donors (Lipinski definition) is 0. The summed E-state index contributed by atoms with van der Waals surface area (Å²) in [4.78, 5) is 7.54. The molecule has 0 atom stereocenters. The Morgan fingerprint density at radius 1 is 1.67 bits per heavy atom. The molecule has 0 bridgehead atoms. The first kappa shape index (κ1) is 6.01. The molecule has 0 amide bonds. The molecular weight excluding hydrogens is 116 g/mol. The topological polar surface area (TPSA) is 35.0 Å². The molecule has 0 aliphatic heterocycles. The normalized spacial score (nSPS) is 9.11. The fraction of sp³-hybridized carbons (Fsp3) is 0.167. The van der Waals surface area contributed by atoms with E-state index in [1.165, 1.54) is 6.33 Å². The van der Waals surface area contributed by atoms with E-state index in [9.17, 15) is 0 Å². The average molecular weight is 123 g/mol. The molecule has 0 unspecified atom stereocenters. The monoisotopic (exact) mass is 123 g/mol. The first-order valence-electron chi connectivity index (χ1n) is 2.50. The van der Waals surface area contributed by atoms with Crippen molar-refractivity contribution in [2.75, 3.05) is 7.11 Å². The molecule has 0 saturated carbocycles. The molecule has 3 heteroatoms. The van der Waals surface area contributed by atoms with Gasteiger partial charge in [0.2, 0.25) is 0 Å². The lowest BCUT2D eigenvalue weighted by atomic mass is 10.4. The highest BCUT2D eigenvalue weighted by molar-refractivity contribution is 5.24. The van der Waals surface area contributed by atoms with E-state index in [4.69, 9.17) is 4.74 Å². The lowest BCUT2D eigenvalue weighted by molar-refractivity contribution is 0.408. The Morgan fingerprint density at radius 2 is 2.44 bits per heavy atom. The maximum absolute atomic E-state index is 4.86. The summed E-state index contributed by atoms with van der Waals surface area (Å²) in [6.07, 6.45) is 3.01. The van der Waals surface area contributed by atoms with Crippen molar-refractivity contribution in [1.29, 1.82) is 0 Å². The molecule has 1 aromatic heterocycles. The summed E-state index contributed by atoms with van der Waals surface area (Å²) in [5, 5.41) is 0. The van der Waals surface area contributed by atoms with Gasteiger partial charge >= 0.3 is 0 Å². The number of ether oxygens (including phenoxy) is 1. The van der Waals surface area contributed by atoms with Crippen LogP contribution in [-0.4, -0.2) is 17.1 Å². The molecule has 0 aromatic carbocycles. The minimum Gasteiger partial charge on any atom is -0.493 e. The van der Waals surface area contributed by atoms with Gasteiger partial charge in [-0.15, -0.1) is 0 Å². The fourth-order valence-electron chi connectivity index (χ4n) is 0.513. The van der Waals surface area contributed by atoms with Crippen LogP contribution in [0, 0.1) is 6.92 Å². The van der Waals surface area contributed by atoms with Gasteiger partial charge in [-0.05, 0) is 6.92 Å². The molecule has 1 radical (unpaired) electrons. The van der Waals surface area contributed by atoms with Crippen LogP contribution in [0.2, 0.25) is 0 Å². The van der Waals surface area contributed by atoms with Crippen LogP contribution in [-0.2, 0) is 0 Å². The maximum Gasteiger partial charge on any atom is 0.158 e. The molecule has 0 fully saturated rings. The van der Waals surface area contributed by atoms with Crippen LogP contribution in [0.3, 0.4) is 0 Å². The molecule has 0 aliphatic rings. The third-order valence-electron chi connectivity index (χ3n) is 0.976. The fourth-order valence-corrected chi connectivity index (χ4v) is 0.513. The van der Waals surface area contributed by atoms with Gasteiger partial charge < -0.3 is 4.74 Å². The Morgan fingerprint density at radius 3 is 2.89 bits per heavy atom. The Labute approximate surface area is 53.7 Å². The van der Waals surface area contributed by atoms with E-state index in [-0.39, 0.29) is 0 Å². The molecule has 1 aromatic rings. The Bertz CT molecular complexity index is 200. The summed E-state index contributed by atoms with van der Waals surface area (Å²) in [5.74, 6) is 0.623. The quantitative estimate of drug-likeness (QED) is 0.550. The van der Waals surface area contributed by atoms with Gasteiger partial charge in [0.15, 0.2) is 5.75 Å². The van der Waals surface area contributed by atoms with Gasteiger partial charge in [-0.3, -0.25) is 0 Å². The Hall–Kier alpha value is -1.12. The van der Waals surface area contributed by atoms with E-state index in [2.05, 4.69) is 16.9 Å². The second-order valence-corrected chi connectivity index (χ2v) is 1.54. The highest BCUT2D eigenvalue weighted by atomic mass is 16.5. The predicted molar refractivity (Wildman–Crippen MR) is 33.0 cm³/mol. The maximum atomic E-state index is 4.86. The van der Waals surface area contributed by atoms with E-state index >= 15 is 0 Å². The molecule has 0 aliphatic carbocycles. The van der Waals surface area contributed by atoms with Crippen molar-refractivity contribution >= 4 is 0 Å². The van der Waals surface area contributed by atoms with Gasteiger partial charge in [0, 0.05) is 0 Å². The molecule has 0 spiro atoms. The van der Waals surface area contributed by atoms with Crippen molar-refractivity contribution in [1.82, 2.24) is 9.97 Å². The first-order valence-corrected chi connectivity index (χ1v) is 2.50. The van der Waals surface area contributed by atoms with Crippen LogP contribution in [0.1, 0.15) is 5.69 Å². The molecule has 3 nitrogen and oxygen atoms in total. The van der Waals surface area contributed by atoms with E-state index in [0.717, 1.165) is 0 Å². The van der Waals surface area contributed by atoms with Gasteiger partial charge in [-0.2, -0.15) is 0 Å². The van der Waals surface area contributed by atoms with E-state index in [1.807, 2.05) is 0 Å². The third kappa shape index (κ3) is 1.16. The zero-order valence-corrected chi connectivity index (χ0v) is 5.16. The van der Waals surface area contributed by atoms with Crippen molar-refractivity contribution in [3.05, 3.63) is 25.1 Å². The molecule has 0 saturated heterocycles. The number of rotatable bonds is 1. The van der Waals surface area contributed by atoms with E-state index < -0.39 is 0 Å². The van der Waals surface area contributed by atoms with Crippen LogP contribution < -0.4 is 4.74 Å². The van der Waals surface area contributed by atoms with Crippen molar-refractivity contribution in [2.45, 2.75) is 0 Å². The van der Waals surface area contributed by atoms with Gasteiger partial charge in [0.25, 0.3) is 0 Å². The minimum absolute atomic E-state index is 0.618. The first-order chi connectivity index (χ1) is 4.34. The zero-order valence-electron chi connectivity index (χ0n) is 5.16. The van der Waals surface area contributed by atoms with Gasteiger partial charge in [0.1, 0.15) is 6.33 Å². The second-order valence-electron chi connectivity index (χ2n) is 1.54. The summed E-state index contributed by atoms with van der Waals surface area (Å²) in [7, 11) is 1.56. The highest BCUT2D eigenvalue weighted by Crippen LogP contribution is 2.09. The second kappa shape index (κ2) is 2.44. The van der Waals surface area contributed by atoms with Crippen LogP contribution in [0.5, 0.6) is 5.75 Å². The molecule has 9 heavy (non-hydrogen) atoms. The smallest absolute Gasteiger partial charge is 0.158 e. The summed E-state index contributed by atoms with van der Waals surface area (Å²) >= 11 is 0. The molecule has 1 rings (SSSR count). The number of aromatic nitrogens is 2. The van der Waals surface area contributed by atoms with Crippen molar-refractivity contribution in [2.24, 2.45) is 0 Å². The largest absolute Gasteiger partial charge is 0.493 e. The summed E-state index contributed by atoms with van der Waals surface area (Å²) < 4.78 is 4.86. The molecule has 47 valence electrons. The lowest BCUT2D eigenvalue weighted by Gasteiger charge is -1.98.